The van der Waals surface area contributed by atoms with Crippen LogP contribution in [-0.4, -0.2) is 59.6 Å². The average molecular weight is 651 g/mol. The molecule has 10 nitrogen and oxygen atoms in total. The molecule has 0 aliphatic carbocycles. The van der Waals surface area contributed by atoms with Gasteiger partial charge in [0.05, 0.1) is 9.92 Å². The van der Waals surface area contributed by atoms with E-state index in [4.69, 9.17) is 20.8 Å². The van der Waals surface area contributed by atoms with E-state index in [9.17, 15) is 26.0 Å². The zero-order valence-electron chi connectivity index (χ0n) is 22.6. The Hall–Kier alpha value is -4.21. The third kappa shape index (κ3) is 6.49. The Balaban J connectivity index is 1.17. The maximum absolute atomic E-state index is 13.6. The van der Waals surface area contributed by atoms with Gasteiger partial charge in [-0.2, -0.15) is 32.4 Å². The molecule has 3 heterocycles. The number of furan rings is 1. The highest BCUT2D eigenvalue weighted by Crippen LogP contribution is 2.32. The zero-order chi connectivity index (χ0) is 31.1. The van der Waals surface area contributed by atoms with Crippen LogP contribution in [0.4, 0.5) is 35.1 Å². The summed E-state index contributed by atoms with van der Waals surface area (Å²) in [5.41, 5.74) is 1.52. The number of anilines is 3. The predicted octanol–water partition coefficient (Wildman–Crippen LogP) is 6.51. The number of rotatable bonds is 8. The lowest BCUT2D eigenvalue weighted by molar-refractivity contribution is -0.154. The Bertz CT molecular complexity index is 1950. The summed E-state index contributed by atoms with van der Waals surface area (Å²) in [6.07, 6.45) is -3.92. The quantitative estimate of drug-likeness (QED) is 0.181. The lowest BCUT2D eigenvalue weighted by Gasteiger charge is -2.31. The van der Waals surface area contributed by atoms with Crippen LogP contribution >= 0.6 is 11.6 Å². The van der Waals surface area contributed by atoms with Gasteiger partial charge < -0.3 is 19.8 Å². The van der Waals surface area contributed by atoms with Gasteiger partial charge in [0.1, 0.15) is 17.0 Å². The van der Waals surface area contributed by atoms with Crippen molar-refractivity contribution in [2.75, 3.05) is 30.3 Å². The molecule has 16 heteroatoms. The highest BCUT2D eigenvalue weighted by Gasteiger charge is 2.31. The molecule has 2 aromatic heterocycles. The first-order valence-electron chi connectivity index (χ1n) is 13.3. The van der Waals surface area contributed by atoms with Crippen LogP contribution in [0.3, 0.4) is 0 Å². The molecule has 230 valence electrons. The van der Waals surface area contributed by atoms with Crippen molar-refractivity contribution >= 4 is 61.1 Å². The molecule has 6 rings (SSSR count). The van der Waals surface area contributed by atoms with Gasteiger partial charge in [0.2, 0.25) is 21.9 Å². The van der Waals surface area contributed by atoms with Gasteiger partial charge in [0.25, 0.3) is 0 Å². The Morgan fingerprint density at radius 2 is 1.68 bits per heavy atom. The van der Waals surface area contributed by atoms with Gasteiger partial charge in [-0.25, -0.2) is 12.8 Å². The van der Waals surface area contributed by atoms with Crippen molar-refractivity contribution in [3.8, 4) is 6.01 Å². The lowest BCUT2D eigenvalue weighted by atomic mass is 10.1. The summed E-state index contributed by atoms with van der Waals surface area (Å²) in [4.78, 5) is 12.2. The topological polar surface area (TPSA) is 122 Å². The number of hydrogen-bond donors (Lipinski definition) is 2. The van der Waals surface area contributed by atoms with Gasteiger partial charge in [0.15, 0.2) is 6.61 Å². The number of alkyl halides is 3. The fourth-order valence-electron chi connectivity index (χ4n) is 4.83. The number of fused-ring (bicyclic) bond motifs is 3. The maximum Gasteiger partial charge on any atom is 0.422 e. The van der Waals surface area contributed by atoms with E-state index in [0.29, 0.717) is 29.4 Å². The Morgan fingerprint density at radius 3 is 2.43 bits per heavy atom. The molecule has 1 aliphatic rings. The summed E-state index contributed by atoms with van der Waals surface area (Å²) in [5.74, 6) is -0.927. The second-order valence-corrected chi connectivity index (χ2v) is 12.3. The van der Waals surface area contributed by atoms with E-state index in [2.05, 4.69) is 25.6 Å². The van der Waals surface area contributed by atoms with Crippen molar-refractivity contribution in [1.82, 2.24) is 19.3 Å². The Morgan fingerprint density at radius 1 is 0.955 bits per heavy atom. The number of sulfonamides is 1. The summed E-state index contributed by atoms with van der Waals surface area (Å²) in [7, 11) is -3.82. The number of halogens is 5. The van der Waals surface area contributed by atoms with Crippen LogP contribution in [0.2, 0.25) is 5.02 Å². The molecule has 0 amide bonds. The SMILES string of the molecule is O=S(=O)(c1ccc2oc3ccccc3c2c1)N1CCC(Nc2nc(Nc3ccc(F)c(Cl)c3)nc(OCC(F)(F)F)n2)CC1. The summed E-state index contributed by atoms with van der Waals surface area (Å²) < 4.78 is 90.9. The molecule has 0 bridgehead atoms. The minimum Gasteiger partial charge on any atom is -0.456 e. The van der Waals surface area contributed by atoms with Crippen LogP contribution in [0.25, 0.3) is 21.9 Å². The highest BCUT2D eigenvalue weighted by molar-refractivity contribution is 7.89. The van der Waals surface area contributed by atoms with E-state index in [0.717, 1.165) is 11.5 Å². The Labute approximate surface area is 253 Å². The van der Waals surface area contributed by atoms with Crippen molar-refractivity contribution in [2.24, 2.45) is 0 Å². The minimum atomic E-state index is -4.63. The number of piperidine rings is 1. The number of hydrogen-bond acceptors (Lipinski definition) is 9. The number of nitrogens with one attached hydrogen (secondary N) is 2. The van der Waals surface area contributed by atoms with Crippen LogP contribution in [0.5, 0.6) is 6.01 Å². The van der Waals surface area contributed by atoms with Gasteiger partial charge in [-0.3, -0.25) is 0 Å². The highest BCUT2D eigenvalue weighted by atomic mass is 35.5. The first-order chi connectivity index (χ1) is 20.9. The number of ether oxygens (including phenoxy) is 1. The number of aromatic nitrogens is 3. The first kappa shape index (κ1) is 29.8. The number of para-hydroxylation sites is 1. The lowest BCUT2D eigenvalue weighted by Crippen LogP contribution is -2.42. The van der Waals surface area contributed by atoms with Crippen molar-refractivity contribution < 1.29 is 35.1 Å². The first-order valence-corrected chi connectivity index (χ1v) is 15.1. The van der Waals surface area contributed by atoms with E-state index in [1.807, 2.05) is 24.3 Å². The van der Waals surface area contributed by atoms with Gasteiger partial charge in [-0.1, -0.05) is 29.8 Å². The van der Waals surface area contributed by atoms with E-state index in [1.165, 1.54) is 22.5 Å². The minimum absolute atomic E-state index is 0.0912. The van der Waals surface area contributed by atoms with E-state index in [1.54, 1.807) is 12.1 Å². The van der Waals surface area contributed by atoms with Crippen LogP contribution in [0, 0.1) is 5.82 Å². The van der Waals surface area contributed by atoms with E-state index in [-0.39, 0.29) is 46.6 Å². The molecule has 0 saturated carbocycles. The molecule has 1 saturated heterocycles. The summed E-state index contributed by atoms with van der Waals surface area (Å²) in [6, 6.07) is 14.9. The summed E-state index contributed by atoms with van der Waals surface area (Å²) in [5, 5.41) is 7.11. The van der Waals surface area contributed by atoms with Crippen LogP contribution < -0.4 is 15.4 Å². The number of benzene rings is 3. The van der Waals surface area contributed by atoms with Crippen LogP contribution in [-0.2, 0) is 10.0 Å². The zero-order valence-corrected chi connectivity index (χ0v) is 24.2. The van der Waals surface area contributed by atoms with Crippen molar-refractivity contribution in [3.05, 3.63) is 71.5 Å². The fraction of sp³-hybridized carbons (Fsp3) is 0.250. The Kier molecular flexibility index (Phi) is 7.94. The number of nitrogens with zero attached hydrogens (tertiary/aromatic N) is 4. The molecule has 0 spiro atoms. The molecule has 0 radical (unpaired) electrons. The molecule has 5 aromatic rings. The molecule has 1 aliphatic heterocycles. The van der Waals surface area contributed by atoms with Gasteiger partial charge >= 0.3 is 12.2 Å². The molecule has 2 N–H and O–H groups in total. The van der Waals surface area contributed by atoms with Crippen molar-refractivity contribution in [1.29, 1.82) is 0 Å². The molecular formula is C28H23ClF4N6O4S. The normalized spacial score (nSPS) is 15.1. The van der Waals surface area contributed by atoms with Crippen LogP contribution in [0.15, 0.2) is 70.0 Å². The van der Waals surface area contributed by atoms with Crippen molar-refractivity contribution in [3.63, 3.8) is 0 Å². The smallest absolute Gasteiger partial charge is 0.422 e. The molecular weight excluding hydrogens is 628 g/mol. The molecule has 0 unspecified atom stereocenters. The fourth-order valence-corrected chi connectivity index (χ4v) is 6.51. The van der Waals surface area contributed by atoms with Crippen molar-refractivity contribution in [2.45, 2.75) is 30.0 Å². The molecule has 0 atom stereocenters. The average Bonchev–Trinajstić information content (AvgIpc) is 3.36. The second-order valence-electron chi connectivity index (χ2n) is 10.0. The molecule has 44 heavy (non-hydrogen) atoms. The van der Waals surface area contributed by atoms with Gasteiger partial charge in [-0.15, -0.1) is 0 Å². The third-order valence-electron chi connectivity index (χ3n) is 6.93. The van der Waals surface area contributed by atoms with E-state index < -0.39 is 34.6 Å². The van der Waals surface area contributed by atoms with E-state index >= 15 is 0 Å². The third-order valence-corrected chi connectivity index (χ3v) is 9.11. The molecule has 1 fully saturated rings. The largest absolute Gasteiger partial charge is 0.456 e. The maximum atomic E-state index is 13.6. The molecule has 3 aromatic carbocycles. The summed E-state index contributed by atoms with van der Waals surface area (Å²) in [6.45, 7) is -1.29. The van der Waals surface area contributed by atoms with Gasteiger partial charge in [0, 0.05) is 35.6 Å². The standard InChI is InChI=1S/C28H23ClF4N6O4S/c29-21-13-17(5-7-22(21)30)35-26-36-25(37-27(38-26)42-15-28(31,32)33)34-16-9-11-39(12-10-16)44(40,41)18-6-8-24-20(14-18)19-3-1-2-4-23(19)43-24/h1-8,13-14,16H,9-12,15H2,(H2,34,35,36,37,38). The predicted molar refractivity (Wildman–Crippen MR) is 155 cm³/mol. The summed E-state index contributed by atoms with van der Waals surface area (Å²) >= 11 is 5.82. The monoisotopic (exact) mass is 650 g/mol. The van der Waals surface area contributed by atoms with Gasteiger partial charge in [-0.05, 0) is 55.3 Å². The van der Waals surface area contributed by atoms with Crippen LogP contribution in [0.1, 0.15) is 12.8 Å². The second kappa shape index (κ2) is 11.7.